The van der Waals surface area contributed by atoms with Gasteiger partial charge in [-0.1, -0.05) is 221 Å². The lowest BCUT2D eigenvalue weighted by molar-refractivity contribution is -0.128. The van der Waals surface area contributed by atoms with Crippen LogP contribution < -0.4 is 0 Å². The fraction of sp³-hybridized carbons (Fsp3) is 0.812. The number of rotatable bonds is 10. The number of carbonyl (C=O) groups excluding carboxylic acids is 1. The fourth-order valence-corrected chi connectivity index (χ4v) is 3.47. The minimum absolute atomic E-state index is 0. The van der Waals surface area contributed by atoms with Gasteiger partial charge in [-0.25, -0.2) is 0 Å². The van der Waals surface area contributed by atoms with Crippen molar-refractivity contribution in [2.75, 3.05) is 14.2 Å². The Morgan fingerprint density at radius 1 is 0.642 bits per heavy atom. The molecule has 0 unspecified atom stereocenters. The number of methoxy groups -OCH3 is 2. The largest absolute Gasteiger partial charge is 0.494 e. The minimum atomic E-state index is -0.851. The van der Waals surface area contributed by atoms with Crippen molar-refractivity contribution in [1.82, 2.24) is 0 Å². The van der Waals surface area contributed by atoms with Crippen molar-refractivity contribution in [2.45, 2.75) is 250 Å². The first kappa shape index (κ1) is 175. The second-order valence-corrected chi connectivity index (χ2v) is 8.50. The first-order chi connectivity index (χ1) is 13.5. The average Bonchev–Trinajstić information content (AvgIpc) is 2.63. The zero-order valence-corrected chi connectivity index (χ0v) is 19.0. The molecule has 0 radical (unpaired) electrons. The van der Waals surface area contributed by atoms with Crippen molar-refractivity contribution in [3.63, 3.8) is 0 Å². The molecule has 53 heavy (non-hydrogen) atoms. The Morgan fingerprint density at radius 2 is 1.00 bits per heavy atom. The van der Waals surface area contributed by atoms with Gasteiger partial charge in [0.2, 0.25) is 11.5 Å². The van der Waals surface area contributed by atoms with E-state index in [1.54, 1.807) is 13.8 Å². The molecule has 0 saturated carbocycles. The Kier molecular flexibility index (Phi) is 274. The zero-order valence-electron chi connectivity index (χ0n) is 19.0. The number of ketones is 1. The summed E-state index contributed by atoms with van der Waals surface area (Å²) < 4.78 is 10.4. The molecule has 2 N–H and O–H groups in total. The molecular formula is C48H134O5. The summed E-state index contributed by atoms with van der Waals surface area (Å²) in [5.74, 6) is -0.320. The maximum atomic E-state index is 12.5. The molecule has 0 aromatic carbocycles. The molecular weight excluding hydrogens is 657 g/mol. The normalized spacial score (nSPS) is 13.4. The maximum absolute atomic E-state index is 12.5. The second-order valence-electron chi connectivity index (χ2n) is 8.50. The highest BCUT2D eigenvalue weighted by atomic mass is 16.5. The SMILES string of the molecule is C.C.C.C.C.C.C.C.C.C.C.C.C.C.C.C.C.C.C.C.C.C.C.C.COC1=C(OC)[C@H](O)[C@H](C/C=C(\C)CC/C=C(\C)C/C=C/C(C)(C)O)[C@@H](C)C1=O. The first-order valence-electron chi connectivity index (χ1n) is 10.3. The maximum Gasteiger partial charge on any atom is 0.204 e. The van der Waals surface area contributed by atoms with E-state index in [1.807, 2.05) is 19.1 Å². The van der Waals surface area contributed by atoms with Gasteiger partial charge in [0.1, 0.15) is 6.10 Å². The van der Waals surface area contributed by atoms with Crippen LogP contribution >= 0.6 is 0 Å². The summed E-state index contributed by atoms with van der Waals surface area (Å²) in [5, 5.41) is 20.3. The van der Waals surface area contributed by atoms with E-state index in [9.17, 15) is 15.0 Å². The van der Waals surface area contributed by atoms with Gasteiger partial charge in [0.05, 0.1) is 19.8 Å². The quantitative estimate of drug-likeness (QED) is 0.216. The van der Waals surface area contributed by atoms with Gasteiger partial charge < -0.3 is 19.7 Å². The summed E-state index contributed by atoms with van der Waals surface area (Å²) in [7, 11) is 2.87. The van der Waals surface area contributed by atoms with Crippen LogP contribution in [0.1, 0.15) is 239 Å². The number of carbonyl (C=O) groups is 1. The molecule has 0 aromatic heterocycles. The van der Waals surface area contributed by atoms with Crippen LogP contribution in [0.5, 0.6) is 0 Å². The Balaban J connectivity index is -0.0000000159. The number of hydrogen-bond donors (Lipinski definition) is 2. The van der Waals surface area contributed by atoms with Gasteiger partial charge in [0, 0.05) is 11.8 Å². The van der Waals surface area contributed by atoms with E-state index in [-0.39, 0.29) is 207 Å². The first-order valence-corrected chi connectivity index (χ1v) is 10.3. The third kappa shape index (κ3) is 59.6. The molecule has 0 bridgehead atoms. The lowest BCUT2D eigenvalue weighted by Gasteiger charge is -2.33. The van der Waals surface area contributed by atoms with Crippen LogP contribution in [0.4, 0.5) is 0 Å². The van der Waals surface area contributed by atoms with Crippen molar-refractivity contribution >= 4 is 5.78 Å². The second kappa shape index (κ2) is 83.2. The summed E-state index contributed by atoms with van der Waals surface area (Å²) in [6.45, 7) is 9.52. The molecule has 0 spiro atoms. The van der Waals surface area contributed by atoms with Crippen molar-refractivity contribution < 1.29 is 24.5 Å². The standard InChI is InChI=1S/C24H38O5.24CH4/c1-16(12-9-15-24(4,5)27)10-8-11-17(2)13-14-19-18(3)20(25)22(28-6)23(29-7)21(19)26;;;;;;;;;;;;;;;;;;;;;;;;/h9-10,13,15,18-19,21,26-27H,8,11-12,14H2,1-7H3;24*1H4/b15-9+,16-10+,17-13+;;;;;;;;;;;;;;;;;;;;;;;;/t18-,19-,21-;;;;;;;;;;;;;;;;;;;;;;;;/m1......................../s1. The summed E-state index contributed by atoms with van der Waals surface area (Å²) in [6, 6.07) is 0. The van der Waals surface area contributed by atoms with E-state index >= 15 is 0 Å². The van der Waals surface area contributed by atoms with Crippen LogP contribution in [0.15, 0.2) is 47.0 Å². The van der Waals surface area contributed by atoms with Crippen LogP contribution in [0.25, 0.3) is 0 Å². The fourth-order valence-electron chi connectivity index (χ4n) is 3.47. The Morgan fingerprint density at radius 3 is 1.30 bits per heavy atom. The highest BCUT2D eigenvalue weighted by Gasteiger charge is 2.42. The van der Waals surface area contributed by atoms with E-state index in [0.29, 0.717) is 6.42 Å². The van der Waals surface area contributed by atoms with Crippen LogP contribution in [-0.4, -0.2) is 41.9 Å². The summed E-state index contributed by atoms with van der Waals surface area (Å²) in [5.41, 5.74) is 1.72. The molecule has 0 fully saturated rings. The third-order valence-corrected chi connectivity index (χ3v) is 5.34. The number of hydrogen-bond acceptors (Lipinski definition) is 5. The molecule has 356 valence electrons. The highest BCUT2D eigenvalue weighted by molar-refractivity contribution is 5.97. The molecule has 0 aromatic rings. The summed E-state index contributed by atoms with van der Waals surface area (Å²) >= 11 is 0. The predicted octanol–water partition coefficient (Wildman–Crippen LogP) is 19.7. The zero-order chi connectivity index (χ0) is 22.2. The summed E-state index contributed by atoms with van der Waals surface area (Å²) in [6.07, 6.45) is 10.6. The van der Waals surface area contributed by atoms with Crippen LogP contribution in [0.3, 0.4) is 0 Å². The van der Waals surface area contributed by atoms with Crippen LogP contribution in [-0.2, 0) is 14.3 Å². The van der Waals surface area contributed by atoms with Gasteiger partial charge in [-0.15, -0.1) is 0 Å². The smallest absolute Gasteiger partial charge is 0.204 e. The monoisotopic (exact) mass is 791 g/mol. The van der Waals surface area contributed by atoms with Crippen molar-refractivity contribution in [1.29, 1.82) is 0 Å². The van der Waals surface area contributed by atoms with Gasteiger partial charge in [0.25, 0.3) is 0 Å². The number of Topliss-reactive ketones (excluding diaryl/α,β-unsaturated/α-hetero) is 1. The van der Waals surface area contributed by atoms with Crippen LogP contribution in [0, 0.1) is 11.8 Å². The van der Waals surface area contributed by atoms with Gasteiger partial charge in [0.15, 0.2) is 5.76 Å². The van der Waals surface area contributed by atoms with E-state index in [0.717, 1.165) is 19.3 Å². The van der Waals surface area contributed by atoms with Crippen molar-refractivity contribution in [3.8, 4) is 0 Å². The molecule has 5 heteroatoms. The molecule has 5 nitrogen and oxygen atoms in total. The van der Waals surface area contributed by atoms with E-state index < -0.39 is 11.7 Å². The van der Waals surface area contributed by atoms with Gasteiger partial charge >= 0.3 is 0 Å². The average molecular weight is 792 g/mol. The van der Waals surface area contributed by atoms with E-state index in [1.165, 1.54) is 25.4 Å². The lowest BCUT2D eigenvalue weighted by atomic mass is 9.77. The van der Waals surface area contributed by atoms with Crippen molar-refractivity contribution in [2.24, 2.45) is 11.8 Å². The number of ether oxygens (including phenoxy) is 2. The Labute approximate surface area is 352 Å². The summed E-state index contributed by atoms with van der Waals surface area (Å²) in [4.78, 5) is 12.5. The third-order valence-electron chi connectivity index (χ3n) is 5.34. The van der Waals surface area contributed by atoms with Gasteiger partial charge in [-0.2, -0.15) is 0 Å². The molecule has 3 atom stereocenters. The van der Waals surface area contributed by atoms with Crippen molar-refractivity contribution in [3.05, 3.63) is 47.0 Å². The minimum Gasteiger partial charge on any atom is -0.494 e. The predicted molar refractivity (Wildman–Crippen MR) is 278 cm³/mol. The Hall–Kier alpha value is -1.85. The topological polar surface area (TPSA) is 76.0 Å². The van der Waals surface area contributed by atoms with Crippen LogP contribution in [0.2, 0.25) is 0 Å². The molecule has 1 rings (SSSR count). The number of allylic oxidation sites excluding steroid dienone is 6. The molecule has 0 amide bonds. The highest BCUT2D eigenvalue weighted by Crippen LogP contribution is 2.35. The van der Waals surface area contributed by atoms with E-state index in [4.69, 9.17) is 9.47 Å². The molecule has 0 saturated heterocycles. The lowest BCUT2D eigenvalue weighted by Crippen LogP contribution is -2.40. The molecule has 1 aliphatic carbocycles. The van der Waals surface area contributed by atoms with Gasteiger partial charge in [-0.05, 0) is 53.4 Å². The Bertz CT molecular complexity index is 681. The number of aliphatic hydroxyl groups excluding tert-OH is 1. The molecule has 1 aliphatic rings. The molecule has 0 heterocycles. The molecule has 0 aliphatic heterocycles. The van der Waals surface area contributed by atoms with Gasteiger partial charge in [-0.3, -0.25) is 4.79 Å². The van der Waals surface area contributed by atoms with E-state index in [2.05, 4.69) is 26.0 Å². The number of aliphatic hydroxyl groups is 2.